The predicted octanol–water partition coefficient (Wildman–Crippen LogP) is 6.11. The van der Waals surface area contributed by atoms with E-state index in [9.17, 15) is 9.90 Å². The average molecular weight is 551 g/mol. The van der Waals surface area contributed by atoms with Gasteiger partial charge in [0.05, 0.1) is 11.6 Å². The number of hydrogen-bond donors (Lipinski definition) is 1. The number of halogens is 1. The van der Waals surface area contributed by atoms with E-state index < -0.39 is 11.2 Å². The second-order valence-electron chi connectivity index (χ2n) is 11.0. The molecule has 7 heteroatoms. The van der Waals surface area contributed by atoms with E-state index in [2.05, 4.69) is 29.0 Å². The van der Waals surface area contributed by atoms with Gasteiger partial charge in [0.25, 0.3) is 0 Å². The molecule has 2 aromatic rings. The molecule has 2 aromatic carbocycles. The van der Waals surface area contributed by atoms with Crippen LogP contribution in [0.1, 0.15) is 51.7 Å². The SMILES string of the molecule is CCN(CC/C=C1/c2cc(OC(C)(C)C=O)ccc2OCC2N=CC=CC12)CCC(C)(O)c1ccc(Cl)cc1. The van der Waals surface area contributed by atoms with Crippen molar-refractivity contribution in [1.82, 2.24) is 4.90 Å². The van der Waals surface area contributed by atoms with Crippen molar-refractivity contribution in [1.29, 1.82) is 0 Å². The molecule has 0 saturated carbocycles. The van der Waals surface area contributed by atoms with Gasteiger partial charge in [0.1, 0.15) is 18.1 Å². The number of rotatable bonds is 11. The Bertz CT molecular complexity index is 1230. The summed E-state index contributed by atoms with van der Waals surface area (Å²) in [5.41, 5.74) is 1.14. The summed E-state index contributed by atoms with van der Waals surface area (Å²) >= 11 is 6.03. The highest BCUT2D eigenvalue weighted by Crippen LogP contribution is 2.41. The van der Waals surface area contributed by atoms with Gasteiger partial charge in [0.2, 0.25) is 0 Å². The van der Waals surface area contributed by atoms with Crippen molar-refractivity contribution in [2.75, 3.05) is 26.2 Å². The first-order valence-electron chi connectivity index (χ1n) is 13.7. The van der Waals surface area contributed by atoms with Crippen LogP contribution in [0, 0.1) is 5.92 Å². The lowest BCUT2D eigenvalue weighted by molar-refractivity contribution is -0.119. The number of dihydropyridines is 1. The number of fused-ring (bicyclic) bond motifs is 2. The van der Waals surface area contributed by atoms with Crippen molar-refractivity contribution < 1.29 is 19.4 Å². The second kappa shape index (κ2) is 12.5. The second-order valence-corrected chi connectivity index (χ2v) is 11.4. The minimum atomic E-state index is -0.933. The summed E-state index contributed by atoms with van der Waals surface area (Å²) in [5.74, 6) is 1.51. The van der Waals surface area contributed by atoms with Crippen LogP contribution >= 0.6 is 11.6 Å². The van der Waals surface area contributed by atoms with Gasteiger partial charge in [-0.1, -0.05) is 42.8 Å². The van der Waals surface area contributed by atoms with Crippen molar-refractivity contribution in [2.24, 2.45) is 10.9 Å². The van der Waals surface area contributed by atoms with Crippen LogP contribution in [0.4, 0.5) is 0 Å². The van der Waals surface area contributed by atoms with Gasteiger partial charge in [0.15, 0.2) is 11.9 Å². The molecule has 3 unspecified atom stereocenters. The van der Waals surface area contributed by atoms with E-state index in [0.29, 0.717) is 23.8 Å². The van der Waals surface area contributed by atoms with Gasteiger partial charge < -0.3 is 19.5 Å². The molecule has 0 bridgehead atoms. The quantitative estimate of drug-likeness (QED) is 0.342. The van der Waals surface area contributed by atoms with E-state index in [1.54, 1.807) is 13.8 Å². The normalized spacial score (nSPS) is 21.1. The molecule has 0 spiro atoms. The first-order valence-corrected chi connectivity index (χ1v) is 14.0. The van der Waals surface area contributed by atoms with Gasteiger partial charge in [-0.25, -0.2) is 0 Å². The number of aliphatic imine (C=N–C) groups is 1. The third-order valence-electron chi connectivity index (χ3n) is 7.43. The molecule has 0 fully saturated rings. The number of carbonyl (C=O) groups excluding carboxylic acids is 1. The molecule has 0 saturated heterocycles. The van der Waals surface area contributed by atoms with Crippen molar-refractivity contribution in [3.63, 3.8) is 0 Å². The Morgan fingerprint density at radius 1 is 1.18 bits per heavy atom. The first-order chi connectivity index (χ1) is 18.6. The Hall–Kier alpha value is -2.93. The van der Waals surface area contributed by atoms with Crippen molar-refractivity contribution in [2.45, 2.75) is 57.8 Å². The topological polar surface area (TPSA) is 71.4 Å². The highest BCUT2D eigenvalue weighted by atomic mass is 35.5. The number of aliphatic hydroxyl groups is 1. The molecule has 6 nitrogen and oxygen atoms in total. The van der Waals surface area contributed by atoms with Gasteiger partial charge in [-0.05, 0) is 87.7 Å². The molecule has 2 heterocycles. The summed E-state index contributed by atoms with van der Waals surface area (Å²) in [6.45, 7) is 10.5. The standard InChI is InChI=1S/C32H39ClN2O4/c1-5-35(19-16-32(4,37)23-10-12-24(33)13-11-23)18-7-9-26-27-8-6-17-34-29(27)21-38-30-15-14-25(20-28(26)30)39-31(2,3)22-36/h6,8-15,17,20,22,27,29,37H,5,7,16,18-19,21H2,1-4H3/b26-9+. The Kier molecular flexibility index (Phi) is 9.31. The lowest BCUT2D eigenvalue weighted by Crippen LogP contribution is -2.32. The highest BCUT2D eigenvalue weighted by molar-refractivity contribution is 6.30. The first kappa shape index (κ1) is 29.1. The van der Waals surface area contributed by atoms with Crippen molar-refractivity contribution in [3.8, 4) is 11.5 Å². The van der Waals surface area contributed by atoms with Gasteiger partial charge in [0, 0.05) is 35.8 Å². The molecule has 0 radical (unpaired) electrons. The largest absolute Gasteiger partial charge is 0.491 e. The molecule has 2 aliphatic rings. The van der Waals surface area contributed by atoms with E-state index in [0.717, 1.165) is 54.8 Å². The Morgan fingerprint density at radius 3 is 2.67 bits per heavy atom. The van der Waals surface area contributed by atoms with Crippen LogP contribution in [0.3, 0.4) is 0 Å². The van der Waals surface area contributed by atoms with Crippen LogP contribution in [0.2, 0.25) is 5.02 Å². The lowest BCUT2D eigenvalue weighted by atomic mass is 9.85. The summed E-state index contributed by atoms with van der Waals surface area (Å²) in [4.78, 5) is 18.5. The maximum absolute atomic E-state index is 11.5. The Morgan fingerprint density at radius 2 is 1.95 bits per heavy atom. The fourth-order valence-corrected chi connectivity index (χ4v) is 5.15. The minimum Gasteiger partial charge on any atom is -0.491 e. The molecule has 0 aromatic heterocycles. The molecule has 0 aliphatic carbocycles. The molecular formula is C32H39ClN2O4. The fourth-order valence-electron chi connectivity index (χ4n) is 5.02. The maximum atomic E-state index is 11.5. The highest BCUT2D eigenvalue weighted by Gasteiger charge is 2.31. The van der Waals surface area contributed by atoms with E-state index in [1.165, 1.54) is 0 Å². The van der Waals surface area contributed by atoms with E-state index in [4.69, 9.17) is 21.1 Å². The average Bonchev–Trinajstić information content (AvgIpc) is 3.07. The van der Waals surface area contributed by atoms with Crippen LogP contribution in [0.15, 0.2) is 65.7 Å². The summed E-state index contributed by atoms with van der Waals surface area (Å²) in [6, 6.07) is 13.2. The summed E-state index contributed by atoms with van der Waals surface area (Å²) < 4.78 is 12.1. The van der Waals surface area contributed by atoms with E-state index >= 15 is 0 Å². The number of aldehydes is 1. The van der Waals surface area contributed by atoms with Gasteiger partial charge in [-0.3, -0.25) is 9.79 Å². The number of nitrogens with zero attached hydrogens (tertiary/aromatic N) is 2. The van der Waals surface area contributed by atoms with E-state index in [1.807, 2.05) is 61.7 Å². The zero-order valence-electron chi connectivity index (χ0n) is 23.3. The molecule has 208 valence electrons. The molecule has 4 rings (SSSR count). The summed E-state index contributed by atoms with van der Waals surface area (Å²) in [5, 5.41) is 11.8. The Labute approximate surface area is 237 Å². The van der Waals surface area contributed by atoms with Crippen LogP contribution in [-0.2, 0) is 10.4 Å². The van der Waals surface area contributed by atoms with E-state index in [-0.39, 0.29) is 12.0 Å². The molecule has 1 N–H and O–H groups in total. The van der Waals surface area contributed by atoms with Crippen LogP contribution < -0.4 is 9.47 Å². The minimum absolute atomic E-state index is 0.00110. The zero-order chi connectivity index (χ0) is 28.0. The van der Waals surface area contributed by atoms with Crippen LogP contribution in [0.25, 0.3) is 5.57 Å². The van der Waals surface area contributed by atoms with Crippen LogP contribution in [0.5, 0.6) is 11.5 Å². The Balaban J connectivity index is 1.51. The van der Waals surface area contributed by atoms with Gasteiger partial charge >= 0.3 is 0 Å². The number of benzene rings is 2. The lowest BCUT2D eigenvalue weighted by Gasteiger charge is -2.28. The number of allylic oxidation sites excluding steroid dienone is 1. The molecular weight excluding hydrogens is 512 g/mol. The van der Waals surface area contributed by atoms with Crippen LogP contribution in [-0.4, -0.2) is 60.4 Å². The molecule has 0 amide bonds. The summed E-state index contributed by atoms with van der Waals surface area (Å²) in [7, 11) is 0. The predicted molar refractivity (Wildman–Crippen MR) is 158 cm³/mol. The zero-order valence-corrected chi connectivity index (χ0v) is 24.0. The van der Waals surface area contributed by atoms with Crippen molar-refractivity contribution in [3.05, 3.63) is 76.8 Å². The maximum Gasteiger partial charge on any atom is 0.162 e. The number of hydrogen-bond acceptors (Lipinski definition) is 6. The number of carbonyl (C=O) groups is 1. The van der Waals surface area contributed by atoms with Crippen molar-refractivity contribution >= 4 is 29.7 Å². The third-order valence-corrected chi connectivity index (χ3v) is 7.68. The fraction of sp³-hybridized carbons (Fsp3) is 0.438. The molecule has 3 atom stereocenters. The smallest absolute Gasteiger partial charge is 0.162 e. The third kappa shape index (κ3) is 7.38. The van der Waals surface area contributed by atoms with Gasteiger partial charge in [-0.2, -0.15) is 0 Å². The monoisotopic (exact) mass is 550 g/mol. The van der Waals surface area contributed by atoms with Gasteiger partial charge in [-0.15, -0.1) is 0 Å². The summed E-state index contributed by atoms with van der Waals surface area (Å²) in [6.07, 6.45) is 10.6. The molecule has 39 heavy (non-hydrogen) atoms. The number of ether oxygens (including phenoxy) is 2. The molecule has 2 aliphatic heterocycles.